The summed E-state index contributed by atoms with van der Waals surface area (Å²) in [5.41, 5.74) is 4.95. The first-order valence-corrected chi connectivity index (χ1v) is 10.2. The van der Waals surface area contributed by atoms with Gasteiger partial charge < -0.3 is 14.6 Å². The van der Waals surface area contributed by atoms with Crippen LogP contribution in [0.4, 0.5) is 11.5 Å². The molecule has 0 saturated carbocycles. The van der Waals surface area contributed by atoms with Crippen molar-refractivity contribution in [2.45, 2.75) is 6.92 Å². The third-order valence-corrected chi connectivity index (χ3v) is 5.60. The van der Waals surface area contributed by atoms with Gasteiger partial charge in [-0.2, -0.15) is 0 Å². The Morgan fingerprint density at radius 3 is 2.38 bits per heavy atom. The fourth-order valence-electron chi connectivity index (χ4n) is 3.70. The summed E-state index contributed by atoms with van der Waals surface area (Å²) in [4.78, 5) is 17.2. The molecule has 0 fully saturated rings. The zero-order chi connectivity index (χ0) is 22.1. The van der Waals surface area contributed by atoms with Gasteiger partial charge in [-0.05, 0) is 42.1 Å². The molecule has 1 N–H and O–H groups in total. The summed E-state index contributed by atoms with van der Waals surface area (Å²) in [5, 5.41) is 5.52. The first kappa shape index (κ1) is 19.7. The van der Waals surface area contributed by atoms with Crippen LogP contribution in [0.2, 0.25) is 0 Å². The Labute approximate surface area is 185 Å². The maximum atomic E-state index is 5.66. The Bertz CT molecular complexity index is 1410. The van der Waals surface area contributed by atoms with Crippen molar-refractivity contribution in [3.63, 3.8) is 0 Å². The average molecular weight is 422 g/mol. The van der Waals surface area contributed by atoms with E-state index in [1.54, 1.807) is 7.11 Å². The van der Waals surface area contributed by atoms with Gasteiger partial charge in [-0.25, -0.2) is 19.9 Å². The number of aromatic nitrogens is 5. The van der Waals surface area contributed by atoms with Gasteiger partial charge >= 0.3 is 0 Å². The second-order valence-corrected chi connectivity index (χ2v) is 7.55. The molecule has 5 rings (SSSR count). The smallest absolute Gasteiger partial charge is 0.143 e. The van der Waals surface area contributed by atoms with E-state index in [1.807, 2.05) is 57.0 Å². The van der Waals surface area contributed by atoms with Crippen LogP contribution < -0.4 is 10.1 Å². The van der Waals surface area contributed by atoms with E-state index in [9.17, 15) is 0 Å². The second-order valence-electron chi connectivity index (χ2n) is 7.55. The molecule has 0 bridgehead atoms. The van der Waals surface area contributed by atoms with E-state index < -0.39 is 0 Å². The third kappa shape index (κ3) is 3.65. The summed E-state index contributed by atoms with van der Waals surface area (Å²) in [6.07, 6.45) is 8.89. The monoisotopic (exact) mass is 422 g/mol. The molecule has 0 atom stereocenters. The predicted molar refractivity (Wildman–Crippen MR) is 126 cm³/mol. The van der Waals surface area contributed by atoms with Crippen LogP contribution >= 0.6 is 0 Å². The highest BCUT2D eigenvalue weighted by Crippen LogP contribution is 2.33. The van der Waals surface area contributed by atoms with Gasteiger partial charge in [0.15, 0.2) is 0 Å². The Kier molecular flexibility index (Phi) is 4.99. The number of hydrogen-bond donors (Lipinski definition) is 1. The summed E-state index contributed by atoms with van der Waals surface area (Å²) in [6.45, 7) is 1.98. The van der Waals surface area contributed by atoms with Crippen molar-refractivity contribution in [3.8, 4) is 28.1 Å². The van der Waals surface area contributed by atoms with Gasteiger partial charge in [0.05, 0.1) is 24.7 Å². The molecule has 7 heteroatoms. The van der Waals surface area contributed by atoms with E-state index in [0.717, 1.165) is 56.2 Å². The van der Waals surface area contributed by atoms with Gasteiger partial charge in [0.1, 0.15) is 23.7 Å². The van der Waals surface area contributed by atoms with E-state index in [4.69, 9.17) is 4.74 Å². The Morgan fingerprint density at radius 2 is 1.62 bits per heavy atom. The van der Waals surface area contributed by atoms with Crippen LogP contribution in [0.1, 0.15) is 5.82 Å². The first-order chi connectivity index (χ1) is 15.6. The lowest BCUT2D eigenvalue weighted by Gasteiger charge is -2.13. The summed E-state index contributed by atoms with van der Waals surface area (Å²) in [5.74, 6) is 2.43. The van der Waals surface area contributed by atoms with Crippen molar-refractivity contribution in [3.05, 3.63) is 79.4 Å². The SMILES string of the molecule is COc1cc(-c2cnc(C)n2C)ccc1Nc1cc2cc(-c3cncnc3)ccc2cn1. The van der Waals surface area contributed by atoms with Gasteiger partial charge in [-0.1, -0.05) is 18.2 Å². The zero-order valence-electron chi connectivity index (χ0n) is 18.1. The van der Waals surface area contributed by atoms with Crippen LogP contribution in [0.15, 0.2) is 73.6 Å². The zero-order valence-corrected chi connectivity index (χ0v) is 18.1. The normalized spacial score (nSPS) is 11.0. The molecule has 7 nitrogen and oxygen atoms in total. The van der Waals surface area contributed by atoms with E-state index >= 15 is 0 Å². The molecule has 0 amide bonds. The summed E-state index contributed by atoms with van der Waals surface area (Å²) >= 11 is 0. The Hall–Kier alpha value is -4.26. The summed E-state index contributed by atoms with van der Waals surface area (Å²) in [7, 11) is 3.67. The lowest BCUT2D eigenvalue weighted by atomic mass is 10.0. The third-order valence-electron chi connectivity index (χ3n) is 5.60. The van der Waals surface area contributed by atoms with Crippen molar-refractivity contribution in [2.24, 2.45) is 7.05 Å². The molecule has 0 aliphatic heterocycles. The number of nitrogens with one attached hydrogen (secondary N) is 1. The van der Waals surface area contributed by atoms with Crippen LogP contribution in [0.25, 0.3) is 33.2 Å². The topological polar surface area (TPSA) is 77.8 Å². The molecular weight excluding hydrogens is 400 g/mol. The largest absolute Gasteiger partial charge is 0.495 e. The number of ether oxygens (including phenoxy) is 1. The molecule has 0 unspecified atom stereocenters. The van der Waals surface area contributed by atoms with Crippen LogP contribution in [0.3, 0.4) is 0 Å². The van der Waals surface area contributed by atoms with E-state index in [1.165, 1.54) is 6.33 Å². The number of benzene rings is 2. The molecule has 158 valence electrons. The van der Waals surface area contributed by atoms with Crippen molar-refractivity contribution in [1.29, 1.82) is 0 Å². The number of aryl methyl sites for hydroxylation is 1. The van der Waals surface area contributed by atoms with Crippen LogP contribution in [0, 0.1) is 6.92 Å². The van der Waals surface area contributed by atoms with Crippen LogP contribution in [0.5, 0.6) is 5.75 Å². The number of methoxy groups -OCH3 is 1. The highest BCUT2D eigenvalue weighted by molar-refractivity contribution is 5.89. The number of imidazole rings is 1. The molecule has 3 heterocycles. The Balaban J connectivity index is 1.47. The van der Waals surface area contributed by atoms with E-state index in [-0.39, 0.29) is 0 Å². The van der Waals surface area contributed by atoms with Gasteiger partial charge in [-0.3, -0.25) is 0 Å². The molecule has 0 aliphatic carbocycles. The molecule has 0 spiro atoms. The fraction of sp³-hybridized carbons (Fsp3) is 0.120. The average Bonchev–Trinajstić information content (AvgIpc) is 3.17. The molecule has 3 aromatic heterocycles. The lowest BCUT2D eigenvalue weighted by Crippen LogP contribution is -1.98. The van der Waals surface area contributed by atoms with Crippen molar-refractivity contribution in [1.82, 2.24) is 24.5 Å². The van der Waals surface area contributed by atoms with Crippen LogP contribution in [-0.4, -0.2) is 31.6 Å². The van der Waals surface area contributed by atoms with Crippen LogP contribution in [-0.2, 0) is 7.05 Å². The molecule has 0 radical (unpaired) electrons. The molecule has 0 saturated heterocycles. The van der Waals surface area contributed by atoms with Crippen molar-refractivity contribution < 1.29 is 4.74 Å². The standard InChI is InChI=1S/C25H22N6O/c1-16-28-14-23(31(16)2)18-6-7-22(24(9-18)32-3)30-25-10-20-8-17(4-5-19(20)13-29-25)21-11-26-15-27-12-21/h4-15H,1-3H3,(H,29,30). The molecule has 5 aromatic rings. The number of anilines is 2. The molecule has 32 heavy (non-hydrogen) atoms. The van der Waals surface area contributed by atoms with Gasteiger partial charge in [0.2, 0.25) is 0 Å². The Morgan fingerprint density at radius 1 is 0.812 bits per heavy atom. The van der Waals surface area contributed by atoms with E-state index in [0.29, 0.717) is 0 Å². The number of hydrogen-bond acceptors (Lipinski definition) is 6. The highest BCUT2D eigenvalue weighted by atomic mass is 16.5. The summed E-state index contributed by atoms with van der Waals surface area (Å²) in [6, 6.07) is 14.3. The number of rotatable bonds is 5. The maximum absolute atomic E-state index is 5.66. The fourth-order valence-corrected chi connectivity index (χ4v) is 3.70. The second kappa shape index (κ2) is 8.11. The van der Waals surface area contributed by atoms with Gasteiger partial charge in [-0.15, -0.1) is 0 Å². The van der Waals surface area contributed by atoms with Crippen molar-refractivity contribution >= 4 is 22.3 Å². The first-order valence-electron chi connectivity index (χ1n) is 10.2. The molecular formula is C25H22N6O. The lowest BCUT2D eigenvalue weighted by molar-refractivity contribution is 0.417. The minimum absolute atomic E-state index is 0.735. The van der Waals surface area contributed by atoms with E-state index in [2.05, 4.69) is 54.1 Å². The number of nitrogens with zero attached hydrogens (tertiary/aromatic N) is 5. The predicted octanol–water partition coefficient (Wildman–Crippen LogP) is 5.15. The molecule has 2 aromatic carbocycles. The van der Waals surface area contributed by atoms with Crippen molar-refractivity contribution in [2.75, 3.05) is 12.4 Å². The minimum Gasteiger partial charge on any atom is -0.495 e. The minimum atomic E-state index is 0.735. The molecule has 0 aliphatic rings. The quantitative estimate of drug-likeness (QED) is 0.422. The highest BCUT2D eigenvalue weighted by Gasteiger charge is 2.11. The number of pyridine rings is 1. The summed E-state index contributed by atoms with van der Waals surface area (Å²) < 4.78 is 7.71. The van der Waals surface area contributed by atoms with Gasteiger partial charge in [0.25, 0.3) is 0 Å². The maximum Gasteiger partial charge on any atom is 0.143 e. The van der Waals surface area contributed by atoms with Gasteiger partial charge in [0, 0.05) is 42.2 Å². The number of fused-ring (bicyclic) bond motifs is 1.